The Bertz CT molecular complexity index is 726. The van der Waals surface area contributed by atoms with Crippen molar-refractivity contribution < 1.29 is 14.3 Å². The van der Waals surface area contributed by atoms with Crippen molar-refractivity contribution in [2.24, 2.45) is 0 Å². The second kappa shape index (κ2) is 8.53. The molecule has 0 aliphatic carbocycles. The third-order valence-electron chi connectivity index (χ3n) is 3.32. The molecule has 2 aromatic carbocycles. The van der Waals surface area contributed by atoms with Crippen LogP contribution in [0.3, 0.4) is 0 Å². The van der Waals surface area contributed by atoms with Crippen LogP contribution < -0.4 is 15.4 Å². The zero-order valence-electron chi connectivity index (χ0n) is 13.7. The maximum Gasteiger partial charge on any atom is 0.246 e. The largest absolute Gasteiger partial charge is 0.497 e. The fraction of sp³-hybridized carbons (Fsp3) is 0.158. The maximum atomic E-state index is 12.1. The number of hydrogen-bond acceptors (Lipinski definition) is 3. The van der Waals surface area contributed by atoms with E-state index in [4.69, 9.17) is 4.74 Å². The normalized spacial score (nSPS) is 11.8. The Hall–Kier alpha value is -3.08. The van der Waals surface area contributed by atoms with Crippen LogP contribution in [0.5, 0.6) is 5.75 Å². The number of hydrogen-bond donors (Lipinski definition) is 2. The fourth-order valence-electron chi connectivity index (χ4n) is 2.01. The van der Waals surface area contributed by atoms with E-state index in [9.17, 15) is 9.59 Å². The molecule has 5 heteroatoms. The zero-order chi connectivity index (χ0) is 17.4. The number of rotatable bonds is 6. The number of anilines is 1. The second-order valence-corrected chi connectivity index (χ2v) is 5.20. The monoisotopic (exact) mass is 324 g/mol. The summed E-state index contributed by atoms with van der Waals surface area (Å²) in [6.07, 6.45) is 3.10. The van der Waals surface area contributed by atoms with Gasteiger partial charge in [-0.05, 0) is 30.7 Å². The quantitative estimate of drug-likeness (QED) is 0.803. The van der Waals surface area contributed by atoms with Crippen molar-refractivity contribution >= 4 is 23.6 Å². The molecule has 0 aliphatic heterocycles. The van der Waals surface area contributed by atoms with Gasteiger partial charge in [-0.1, -0.05) is 36.4 Å². The Morgan fingerprint density at radius 2 is 1.83 bits per heavy atom. The zero-order valence-corrected chi connectivity index (χ0v) is 13.7. The van der Waals surface area contributed by atoms with Crippen LogP contribution in [-0.2, 0) is 9.59 Å². The summed E-state index contributed by atoms with van der Waals surface area (Å²) < 4.78 is 5.11. The summed E-state index contributed by atoms with van der Waals surface area (Å²) in [4.78, 5) is 24.0. The van der Waals surface area contributed by atoms with Gasteiger partial charge in [-0.2, -0.15) is 0 Å². The van der Waals surface area contributed by atoms with Gasteiger partial charge in [-0.3, -0.25) is 9.59 Å². The lowest BCUT2D eigenvalue weighted by Crippen LogP contribution is -2.40. The first-order valence-electron chi connectivity index (χ1n) is 7.57. The Morgan fingerprint density at radius 3 is 2.54 bits per heavy atom. The van der Waals surface area contributed by atoms with Gasteiger partial charge in [-0.25, -0.2) is 0 Å². The summed E-state index contributed by atoms with van der Waals surface area (Å²) in [5, 5.41) is 5.37. The highest BCUT2D eigenvalue weighted by Crippen LogP contribution is 2.16. The summed E-state index contributed by atoms with van der Waals surface area (Å²) in [6.45, 7) is 1.63. The molecule has 0 fully saturated rings. The molecule has 2 N–H and O–H groups in total. The molecule has 2 aromatic rings. The van der Waals surface area contributed by atoms with Crippen molar-refractivity contribution in [3.8, 4) is 5.75 Å². The van der Waals surface area contributed by atoms with Crippen molar-refractivity contribution in [3.05, 3.63) is 66.2 Å². The van der Waals surface area contributed by atoms with Gasteiger partial charge in [0.05, 0.1) is 7.11 Å². The minimum Gasteiger partial charge on any atom is -0.497 e. The van der Waals surface area contributed by atoms with Crippen molar-refractivity contribution in [2.75, 3.05) is 12.4 Å². The first-order valence-corrected chi connectivity index (χ1v) is 7.57. The number of carbonyl (C=O) groups excluding carboxylic acids is 2. The van der Waals surface area contributed by atoms with Crippen molar-refractivity contribution in [3.63, 3.8) is 0 Å². The van der Waals surface area contributed by atoms with Crippen LogP contribution in [0.1, 0.15) is 12.5 Å². The molecule has 24 heavy (non-hydrogen) atoms. The molecule has 2 amide bonds. The molecule has 0 spiro atoms. The number of amides is 2. The highest BCUT2D eigenvalue weighted by atomic mass is 16.5. The van der Waals surface area contributed by atoms with E-state index in [1.807, 2.05) is 30.3 Å². The molecule has 0 radical (unpaired) electrons. The summed E-state index contributed by atoms with van der Waals surface area (Å²) in [7, 11) is 1.56. The lowest BCUT2D eigenvalue weighted by atomic mass is 10.2. The second-order valence-electron chi connectivity index (χ2n) is 5.20. The summed E-state index contributed by atoms with van der Waals surface area (Å²) in [5.74, 6) is 0.0205. The highest BCUT2D eigenvalue weighted by Gasteiger charge is 2.14. The van der Waals surface area contributed by atoms with E-state index in [0.717, 1.165) is 5.56 Å². The minimum atomic E-state index is -0.663. The highest BCUT2D eigenvalue weighted by molar-refractivity contribution is 5.99. The molecular weight excluding hydrogens is 304 g/mol. The lowest BCUT2D eigenvalue weighted by Gasteiger charge is -2.13. The van der Waals surface area contributed by atoms with Gasteiger partial charge in [0.25, 0.3) is 0 Å². The number of methoxy groups -OCH3 is 1. The molecule has 1 unspecified atom stereocenters. The molecule has 0 saturated heterocycles. The molecule has 0 heterocycles. The molecule has 5 nitrogen and oxygen atoms in total. The molecule has 0 aliphatic rings. The van der Waals surface area contributed by atoms with Crippen LogP contribution >= 0.6 is 0 Å². The Labute approximate surface area is 141 Å². The average Bonchev–Trinajstić information content (AvgIpc) is 2.61. The number of ether oxygens (including phenoxy) is 1. The average molecular weight is 324 g/mol. The SMILES string of the molecule is COc1cccc(NC(=O)C(C)NC(=O)/C=C/c2ccccc2)c1. The van der Waals surface area contributed by atoms with E-state index in [1.54, 1.807) is 44.4 Å². The predicted molar refractivity (Wildman–Crippen MR) is 94.7 cm³/mol. The van der Waals surface area contributed by atoms with Crippen LogP contribution in [0.25, 0.3) is 6.08 Å². The predicted octanol–water partition coefficient (Wildman–Crippen LogP) is 2.85. The molecule has 0 bridgehead atoms. The van der Waals surface area contributed by atoms with Crippen LogP contribution in [-0.4, -0.2) is 25.0 Å². The lowest BCUT2D eigenvalue weighted by molar-refractivity contribution is -0.123. The fourth-order valence-corrected chi connectivity index (χ4v) is 2.01. The molecule has 0 saturated carbocycles. The molecular formula is C19H20N2O3. The third-order valence-corrected chi connectivity index (χ3v) is 3.32. The van der Waals surface area contributed by atoms with Crippen LogP contribution in [0.15, 0.2) is 60.7 Å². The van der Waals surface area contributed by atoms with Crippen molar-refractivity contribution in [1.82, 2.24) is 5.32 Å². The topological polar surface area (TPSA) is 67.4 Å². The van der Waals surface area contributed by atoms with E-state index < -0.39 is 6.04 Å². The van der Waals surface area contributed by atoms with Gasteiger partial charge >= 0.3 is 0 Å². The van der Waals surface area contributed by atoms with Gasteiger partial charge in [-0.15, -0.1) is 0 Å². The van der Waals surface area contributed by atoms with E-state index in [2.05, 4.69) is 10.6 Å². The minimum absolute atomic E-state index is 0.301. The van der Waals surface area contributed by atoms with Crippen LogP contribution in [0, 0.1) is 0 Å². The van der Waals surface area contributed by atoms with Gasteiger partial charge < -0.3 is 15.4 Å². The van der Waals surface area contributed by atoms with E-state index in [0.29, 0.717) is 11.4 Å². The number of benzene rings is 2. The van der Waals surface area contributed by atoms with Gasteiger partial charge in [0.1, 0.15) is 11.8 Å². The van der Waals surface area contributed by atoms with Gasteiger partial charge in [0.15, 0.2) is 0 Å². The number of nitrogens with one attached hydrogen (secondary N) is 2. The van der Waals surface area contributed by atoms with Crippen molar-refractivity contribution in [2.45, 2.75) is 13.0 Å². The number of carbonyl (C=O) groups is 2. The van der Waals surface area contributed by atoms with Gasteiger partial charge in [0, 0.05) is 17.8 Å². The Morgan fingerprint density at radius 1 is 1.08 bits per heavy atom. The van der Waals surface area contributed by atoms with Crippen LogP contribution in [0.4, 0.5) is 5.69 Å². The maximum absolute atomic E-state index is 12.1. The van der Waals surface area contributed by atoms with E-state index in [1.165, 1.54) is 6.08 Å². The summed E-state index contributed by atoms with van der Waals surface area (Å²) in [6, 6.07) is 15.8. The molecule has 1 atom stereocenters. The van der Waals surface area contributed by atoms with Crippen LogP contribution in [0.2, 0.25) is 0 Å². The smallest absolute Gasteiger partial charge is 0.246 e. The first-order chi connectivity index (χ1) is 11.6. The molecule has 2 rings (SSSR count). The van der Waals surface area contributed by atoms with E-state index in [-0.39, 0.29) is 11.8 Å². The molecule has 0 aromatic heterocycles. The standard InChI is InChI=1S/C19H20N2O3/c1-14(19(23)21-16-9-6-10-17(13-16)24-2)20-18(22)12-11-15-7-4-3-5-8-15/h3-14H,1-2H3,(H,20,22)(H,21,23)/b12-11+. The van der Waals surface area contributed by atoms with Gasteiger partial charge in [0.2, 0.25) is 11.8 Å². The van der Waals surface area contributed by atoms with E-state index >= 15 is 0 Å². The summed E-state index contributed by atoms with van der Waals surface area (Å²) in [5.41, 5.74) is 1.53. The third kappa shape index (κ3) is 5.28. The molecule has 124 valence electrons. The summed E-state index contributed by atoms with van der Waals surface area (Å²) >= 11 is 0. The Kier molecular flexibility index (Phi) is 6.14. The Balaban J connectivity index is 1.88. The van der Waals surface area contributed by atoms with Crippen molar-refractivity contribution in [1.29, 1.82) is 0 Å². The first kappa shape index (κ1) is 17.3.